The highest BCUT2D eigenvalue weighted by Gasteiger charge is 2.22. The summed E-state index contributed by atoms with van der Waals surface area (Å²) in [5.74, 6) is -2.81. The number of benzene rings is 1. The first kappa shape index (κ1) is 25.3. The summed E-state index contributed by atoms with van der Waals surface area (Å²) in [4.78, 5) is 59.3. The lowest BCUT2D eigenvalue weighted by molar-refractivity contribution is -0.140. The number of alkyl halides is 1. The Labute approximate surface area is 198 Å². The van der Waals surface area contributed by atoms with Gasteiger partial charge in [-0.25, -0.2) is 19.2 Å². The van der Waals surface area contributed by atoms with Crippen molar-refractivity contribution in [3.8, 4) is 0 Å². The molecule has 12 heteroatoms. The molecule has 1 atom stereocenters. The number of hydrogen-bond acceptors (Lipinski definition) is 7. The predicted molar refractivity (Wildman–Crippen MR) is 124 cm³/mol. The van der Waals surface area contributed by atoms with Crippen molar-refractivity contribution in [3.63, 3.8) is 0 Å². The van der Waals surface area contributed by atoms with Gasteiger partial charge in [0.1, 0.15) is 24.2 Å². The van der Waals surface area contributed by atoms with Gasteiger partial charge in [-0.05, 0) is 43.2 Å². The summed E-state index contributed by atoms with van der Waals surface area (Å²) >= 11 is 0. The van der Waals surface area contributed by atoms with Gasteiger partial charge in [-0.1, -0.05) is 6.07 Å². The van der Waals surface area contributed by atoms with Crippen molar-refractivity contribution in [1.29, 1.82) is 0 Å². The van der Waals surface area contributed by atoms with Crippen LogP contribution in [0, 0.1) is 6.92 Å². The van der Waals surface area contributed by atoms with Crippen LogP contribution in [0.15, 0.2) is 41.3 Å². The maximum Gasteiger partial charge on any atom is 0.326 e. The van der Waals surface area contributed by atoms with Crippen molar-refractivity contribution in [1.82, 2.24) is 20.3 Å². The second-order valence-corrected chi connectivity index (χ2v) is 7.81. The van der Waals surface area contributed by atoms with E-state index in [-0.39, 0.29) is 30.8 Å². The number of rotatable bonds is 11. The Morgan fingerprint density at radius 3 is 2.60 bits per heavy atom. The second kappa shape index (κ2) is 11.2. The van der Waals surface area contributed by atoms with E-state index < -0.39 is 37.0 Å². The Morgan fingerprint density at radius 1 is 1.20 bits per heavy atom. The SMILES string of the molecule is Cc1nc2ccc(CN(CCF)c3ccc(C(=O)N[C@@H](CCC(=O)O)C(=O)O)nc3)cc2c(=O)[nH]1. The summed E-state index contributed by atoms with van der Waals surface area (Å²) < 4.78 is 13.3. The van der Waals surface area contributed by atoms with E-state index in [4.69, 9.17) is 5.11 Å². The predicted octanol–water partition coefficient (Wildman–Crippen LogP) is 1.65. The first-order valence-electron chi connectivity index (χ1n) is 10.7. The molecule has 3 aromatic rings. The summed E-state index contributed by atoms with van der Waals surface area (Å²) in [5, 5.41) is 20.6. The van der Waals surface area contributed by atoms with Crippen molar-refractivity contribution < 1.29 is 29.0 Å². The maximum absolute atomic E-state index is 13.3. The molecule has 11 nitrogen and oxygen atoms in total. The first-order valence-corrected chi connectivity index (χ1v) is 10.7. The highest BCUT2D eigenvalue weighted by molar-refractivity contribution is 5.95. The number of aromatic amines is 1. The van der Waals surface area contributed by atoms with E-state index in [2.05, 4.69) is 20.3 Å². The second-order valence-electron chi connectivity index (χ2n) is 7.81. The highest BCUT2D eigenvalue weighted by Crippen LogP contribution is 2.19. The molecule has 1 aromatic carbocycles. The van der Waals surface area contributed by atoms with E-state index in [0.717, 1.165) is 5.56 Å². The number of aryl methyl sites for hydroxylation is 1. The van der Waals surface area contributed by atoms with Crippen LogP contribution < -0.4 is 15.8 Å². The molecule has 3 rings (SSSR count). The number of carbonyl (C=O) groups excluding carboxylic acids is 1. The van der Waals surface area contributed by atoms with Crippen LogP contribution in [0.4, 0.5) is 10.1 Å². The number of carboxylic acids is 2. The van der Waals surface area contributed by atoms with E-state index >= 15 is 0 Å². The van der Waals surface area contributed by atoms with Crippen molar-refractivity contribution in [2.45, 2.75) is 32.4 Å². The summed E-state index contributed by atoms with van der Waals surface area (Å²) in [5.41, 5.74) is 1.45. The number of fused-ring (bicyclic) bond motifs is 1. The number of amides is 1. The van der Waals surface area contributed by atoms with Crippen LogP contribution in [-0.4, -0.2) is 62.3 Å². The minimum absolute atomic E-state index is 0.0318. The van der Waals surface area contributed by atoms with Gasteiger partial charge in [0.15, 0.2) is 0 Å². The Morgan fingerprint density at radius 2 is 1.97 bits per heavy atom. The van der Waals surface area contributed by atoms with Gasteiger partial charge in [0.2, 0.25) is 0 Å². The fourth-order valence-corrected chi connectivity index (χ4v) is 3.49. The third kappa shape index (κ3) is 6.59. The molecule has 1 amide bonds. The quantitative estimate of drug-likeness (QED) is 0.316. The van der Waals surface area contributed by atoms with Gasteiger partial charge < -0.3 is 25.4 Å². The smallest absolute Gasteiger partial charge is 0.326 e. The topological polar surface area (TPSA) is 166 Å². The third-order valence-corrected chi connectivity index (χ3v) is 5.21. The van der Waals surface area contributed by atoms with Crippen molar-refractivity contribution in [2.24, 2.45) is 0 Å². The molecule has 2 heterocycles. The Balaban J connectivity index is 1.75. The number of pyridine rings is 1. The van der Waals surface area contributed by atoms with Gasteiger partial charge in [0.05, 0.1) is 22.8 Å². The Kier molecular flexibility index (Phi) is 8.08. The molecule has 0 saturated heterocycles. The number of carboxylic acid groups (broad SMARTS) is 2. The standard InChI is InChI=1S/C23H24FN5O6/c1-13-26-17-4-2-14(10-16(17)21(32)27-13)12-29(9-8-24)15-3-5-18(25-11-15)22(33)28-19(23(34)35)6-7-20(30)31/h2-5,10-11,19H,6-9,12H2,1H3,(H,28,33)(H,30,31)(H,34,35)(H,26,27,32)/t19-/m0/s1. The molecule has 0 bridgehead atoms. The molecule has 0 aliphatic rings. The largest absolute Gasteiger partial charge is 0.481 e. The summed E-state index contributed by atoms with van der Waals surface area (Å²) in [6.07, 6.45) is 0.664. The number of hydrogen-bond donors (Lipinski definition) is 4. The van der Waals surface area contributed by atoms with E-state index in [1.807, 2.05) is 0 Å². The Bertz CT molecular complexity index is 1290. The van der Waals surface area contributed by atoms with Gasteiger partial charge in [-0.15, -0.1) is 0 Å². The molecule has 2 aromatic heterocycles. The summed E-state index contributed by atoms with van der Waals surface area (Å²) in [7, 11) is 0. The molecule has 0 fully saturated rings. The number of anilines is 1. The molecule has 0 spiro atoms. The number of nitrogens with zero attached hydrogens (tertiary/aromatic N) is 3. The molecule has 0 saturated carbocycles. The van der Waals surface area contributed by atoms with Crippen molar-refractivity contribution >= 4 is 34.4 Å². The number of aromatic nitrogens is 3. The zero-order chi connectivity index (χ0) is 25.5. The number of nitrogens with one attached hydrogen (secondary N) is 2. The molecule has 0 radical (unpaired) electrons. The average Bonchev–Trinajstić information content (AvgIpc) is 2.81. The van der Waals surface area contributed by atoms with Gasteiger partial charge in [-0.2, -0.15) is 0 Å². The average molecular weight is 485 g/mol. The van der Waals surface area contributed by atoms with Crippen molar-refractivity contribution in [2.75, 3.05) is 18.1 Å². The summed E-state index contributed by atoms with van der Waals surface area (Å²) in [6.45, 7) is 1.33. The number of carbonyl (C=O) groups is 3. The molecular weight excluding hydrogens is 461 g/mol. The van der Waals surface area contributed by atoms with E-state index in [1.54, 1.807) is 36.1 Å². The third-order valence-electron chi connectivity index (χ3n) is 5.21. The van der Waals surface area contributed by atoms with Crippen LogP contribution in [0.3, 0.4) is 0 Å². The molecule has 184 valence electrons. The van der Waals surface area contributed by atoms with E-state index in [0.29, 0.717) is 22.4 Å². The zero-order valence-electron chi connectivity index (χ0n) is 18.8. The molecule has 0 unspecified atom stereocenters. The highest BCUT2D eigenvalue weighted by atomic mass is 19.1. The van der Waals surface area contributed by atoms with Crippen LogP contribution in [0.25, 0.3) is 10.9 Å². The lowest BCUT2D eigenvalue weighted by Crippen LogP contribution is -2.41. The zero-order valence-corrected chi connectivity index (χ0v) is 18.8. The fraction of sp³-hybridized carbons (Fsp3) is 0.304. The van der Waals surface area contributed by atoms with Crippen LogP contribution in [-0.2, 0) is 16.1 Å². The van der Waals surface area contributed by atoms with Gasteiger partial charge in [0, 0.05) is 19.5 Å². The number of aliphatic carboxylic acids is 2. The van der Waals surface area contributed by atoms with E-state index in [1.165, 1.54) is 12.3 Å². The lowest BCUT2D eigenvalue weighted by atomic mass is 10.1. The number of H-pyrrole nitrogens is 1. The lowest BCUT2D eigenvalue weighted by Gasteiger charge is -2.23. The normalized spacial score (nSPS) is 11.7. The minimum Gasteiger partial charge on any atom is -0.481 e. The van der Waals surface area contributed by atoms with Gasteiger partial charge in [0.25, 0.3) is 11.5 Å². The number of halogens is 1. The fourth-order valence-electron chi connectivity index (χ4n) is 3.49. The molecule has 0 aliphatic heterocycles. The van der Waals surface area contributed by atoms with E-state index in [9.17, 15) is 28.7 Å². The Hall–Kier alpha value is -4.35. The van der Waals surface area contributed by atoms with Crippen LogP contribution in [0.5, 0.6) is 0 Å². The summed E-state index contributed by atoms with van der Waals surface area (Å²) in [6, 6.07) is 6.72. The van der Waals surface area contributed by atoms with Crippen LogP contribution in [0.1, 0.15) is 34.7 Å². The minimum atomic E-state index is -1.38. The maximum atomic E-state index is 13.3. The van der Waals surface area contributed by atoms with Gasteiger partial charge >= 0.3 is 11.9 Å². The van der Waals surface area contributed by atoms with Crippen LogP contribution in [0.2, 0.25) is 0 Å². The van der Waals surface area contributed by atoms with Crippen molar-refractivity contribution in [3.05, 3.63) is 64.0 Å². The first-order chi connectivity index (χ1) is 16.7. The van der Waals surface area contributed by atoms with Crippen LogP contribution >= 0.6 is 0 Å². The monoisotopic (exact) mass is 485 g/mol. The molecule has 35 heavy (non-hydrogen) atoms. The molecule has 4 N–H and O–H groups in total. The molecule has 0 aliphatic carbocycles. The van der Waals surface area contributed by atoms with Gasteiger partial charge in [-0.3, -0.25) is 14.4 Å². The molecular formula is C23H24FN5O6.